The first-order valence-electron chi connectivity index (χ1n) is 10.6. The van der Waals surface area contributed by atoms with Crippen LogP contribution in [0.1, 0.15) is 28.7 Å². The topological polar surface area (TPSA) is 27.7 Å². The van der Waals surface area contributed by atoms with Gasteiger partial charge < -0.3 is 14.2 Å². The number of aryl methyl sites for hydroxylation is 1. The summed E-state index contributed by atoms with van der Waals surface area (Å²) < 4.78 is 16.0. The molecule has 0 amide bonds. The fraction of sp³-hybridized carbons (Fsp3) is 0.259. The van der Waals surface area contributed by atoms with Crippen LogP contribution in [0, 0.1) is 0 Å². The van der Waals surface area contributed by atoms with Crippen molar-refractivity contribution in [2.24, 2.45) is 0 Å². The van der Waals surface area contributed by atoms with Crippen LogP contribution in [0.3, 0.4) is 0 Å². The molecule has 6 rings (SSSR count). The number of benzene rings is 3. The van der Waals surface area contributed by atoms with E-state index in [-0.39, 0.29) is 0 Å². The molecule has 0 unspecified atom stereocenters. The van der Waals surface area contributed by atoms with E-state index in [9.17, 15) is 0 Å². The van der Waals surface area contributed by atoms with Crippen molar-refractivity contribution in [2.45, 2.75) is 32.3 Å². The number of para-hydroxylation sites is 2. The first-order valence-corrected chi connectivity index (χ1v) is 10.6. The highest BCUT2D eigenvalue weighted by molar-refractivity contribution is 5.37. The molecule has 30 heavy (non-hydrogen) atoms. The largest absolute Gasteiger partial charge is 0.493 e. The Kier molecular flexibility index (Phi) is 7.19. The fourth-order valence-electron chi connectivity index (χ4n) is 3.69. The molecule has 0 aromatic heterocycles. The van der Waals surface area contributed by atoms with Crippen LogP contribution in [0.2, 0.25) is 0 Å². The van der Waals surface area contributed by atoms with Gasteiger partial charge in [0.15, 0.2) is 0 Å². The Morgan fingerprint density at radius 3 is 2.07 bits per heavy atom. The minimum atomic E-state index is 0.802. The molecule has 3 nitrogen and oxygen atoms in total. The molecule has 0 fully saturated rings. The maximum atomic E-state index is 5.42. The number of ether oxygens (including phenoxy) is 3. The number of fused-ring (bicyclic) bond motifs is 3. The second kappa shape index (κ2) is 10.7. The zero-order valence-electron chi connectivity index (χ0n) is 17.3. The predicted octanol–water partition coefficient (Wildman–Crippen LogP) is 5.91. The molecule has 0 saturated heterocycles. The van der Waals surface area contributed by atoms with Crippen LogP contribution in [0.4, 0.5) is 0 Å². The van der Waals surface area contributed by atoms with E-state index in [2.05, 4.69) is 42.5 Å². The molecular formula is C27H28O3. The summed E-state index contributed by atoms with van der Waals surface area (Å²) in [5.74, 6) is 2.07. The molecular weight excluding hydrogens is 372 g/mol. The van der Waals surface area contributed by atoms with E-state index in [1.807, 2.05) is 36.4 Å². The van der Waals surface area contributed by atoms with Gasteiger partial charge in [0.1, 0.15) is 11.5 Å². The van der Waals surface area contributed by atoms with E-state index < -0.39 is 0 Å². The Morgan fingerprint density at radius 1 is 0.600 bits per heavy atom. The van der Waals surface area contributed by atoms with E-state index in [1.54, 1.807) is 6.26 Å². The van der Waals surface area contributed by atoms with E-state index in [4.69, 9.17) is 14.2 Å². The van der Waals surface area contributed by atoms with Gasteiger partial charge in [-0.2, -0.15) is 0 Å². The summed E-state index contributed by atoms with van der Waals surface area (Å²) >= 11 is 0. The Bertz CT molecular complexity index is 849. The van der Waals surface area contributed by atoms with Crippen molar-refractivity contribution >= 4 is 0 Å². The molecule has 3 aliphatic rings. The SMILES string of the molecule is C1=COc2ccccc2C1.c1ccc2c(c1)CCCO2.c1ccc2c(c1)CCOC2. The second-order valence-electron chi connectivity index (χ2n) is 7.43. The molecule has 3 aromatic carbocycles. The standard InChI is InChI=1S/C9H10O.C9H8O.C9H10O/c2*1-2-6-9-8(4-1)5-3-7-10-9;1-2-4-9-7-10-6-5-8(9)3-1/h1-2,4,6H,3,5,7H2;1-4,6-7H,5H2;1-4H,5-7H2. The molecule has 0 radical (unpaired) electrons. The molecule has 0 aliphatic carbocycles. The molecule has 0 spiro atoms. The lowest BCUT2D eigenvalue weighted by atomic mass is 10.0. The summed E-state index contributed by atoms with van der Waals surface area (Å²) in [5.41, 5.74) is 5.43. The highest BCUT2D eigenvalue weighted by atomic mass is 16.5. The maximum Gasteiger partial charge on any atom is 0.130 e. The van der Waals surface area contributed by atoms with Crippen molar-refractivity contribution in [1.29, 1.82) is 0 Å². The van der Waals surface area contributed by atoms with Gasteiger partial charge in [0, 0.05) is 0 Å². The normalized spacial score (nSPS) is 15.3. The Morgan fingerprint density at radius 2 is 1.30 bits per heavy atom. The van der Waals surface area contributed by atoms with Crippen molar-refractivity contribution in [1.82, 2.24) is 0 Å². The predicted molar refractivity (Wildman–Crippen MR) is 120 cm³/mol. The smallest absolute Gasteiger partial charge is 0.130 e. The Labute approximate surface area is 178 Å². The monoisotopic (exact) mass is 400 g/mol. The summed E-state index contributed by atoms with van der Waals surface area (Å²) in [6.07, 6.45) is 8.17. The lowest BCUT2D eigenvalue weighted by Gasteiger charge is -2.15. The zero-order valence-corrected chi connectivity index (χ0v) is 17.3. The van der Waals surface area contributed by atoms with Gasteiger partial charge in [0.05, 0.1) is 26.1 Å². The zero-order chi connectivity index (χ0) is 20.4. The molecule has 3 aliphatic heterocycles. The molecule has 154 valence electrons. The summed E-state index contributed by atoms with van der Waals surface area (Å²) in [6.45, 7) is 2.57. The number of hydrogen-bond acceptors (Lipinski definition) is 3. The highest BCUT2D eigenvalue weighted by Gasteiger charge is 2.07. The van der Waals surface area contributed by atoms with Crippen LogP contribution in [0.5, 0.6) is 11.5 Å². The van der Waals surface area contributed by atoms with Crippen molar-refractivity contribution in [3.8, 4) is 11.5 Å². The number of rotatable bonds is 0. The summed E-state index contributed by atoms with van der Waals surface area (Å²) in [7, 11) is 0. The molecule has 0 N–H and O–H groups in total. The average Bonchev–Trinajstić information content (AvgIpc) is 2.85. The van der Waals surface area contributed by atoms with E-state index in [0.29, 0.717) is 0 Å². The van der Waals surface area contributed by atoms with Gasteiger partial charge in [0.25, 0.3) is 0 Å². The van der Waals surface area contributed by atoms with Crippen LogP contribution < -0.4 is 9.47 Å². The lowest BCUT2D eigenvalue weighted by Crippen LogP contribution is -2.08. The van der Waals surface area contributed by atoms with Crippen LogP contribution >= 0.6 is 0 Å². The first-order chi connectivity index (χ1) is 14.9. The number of hydrogen-bond donors (Lipinski definition) is 0. The molecule has 0 saturated carbocycles. The molecule has 3 heteroatoms. The van der Waals surface area contributed by atoms with Crippen LogP contribution in [0.25, 0.3) is 0 Å². The summed E-state index contributed by atoms with van der Waals surface area (Å²) in [4.78, 5) is 0. The average molecular weight is 401 g/mol. The van der Waals surface area contributed by atoms with Gasteiger partial charge >= 0.3 is 0 Å². The molecule has 3 aromatic rings. The Balaban J connectivity index is 0.000000109. The third kappa shape index (κ3) is 5.52. The van der Waals surface area contributed by atoms with Gasteiger partial charge in [-0.3, -0.25) is 0 Å². The third-order valence-corrected chi connectivity index (χ3v) is 5.31. The maximum absolute atomic E-state index is 5.42. The van der Waals surface area contributed by atoms with Gasteiger partial charge in [-0.15, -0.1) is 0 Å². The van der Waals surface area contributed by atoms with Crippen molar-refractivity contribution in [3.05, 3.63) is 107 Å². The fourth-order valence-corrected chi connectivity index (χ4v) is 3.69. The second-order valence-corrected chi connectivity index (χ2v) is 7.43. The number of allylic oxidation sites excluding steroid dienone is 1. The molecule has 0 bridgehead atoms. The van der Waals surface area contributed by atoms with Crippen LogP contribution in [-0.2, 0) is 30.6 Å². The van der Waals surface area contributed by atoms with E-state index in [1.165, 1.54) is 28.7 Å². The van der Waals surface area contributed by atoms with Crippen molar-refractivity contribution in [3.63, 3.8) is 0 Å². The quantitative estimate of drug-likeness (QED) is 0.470. The lowest BCUT2D eigenvalue weighted by molar-refractivity contribution is 0.111. The highest BCUT2D eigenvalue weighted by Crippen LogP contribution is 2.23. The minimum absolute atomic E-state index is 0.802. The van der Waals surface area contributed by atoms with E-state index in [0.717, 1.165) is 50.6 Å². The van der Waals surface area contributed by atoms with Gasteiger partial charge in [-0.1, -0.05) is 60.7 Å². The first kappa shape index (κ1) is 20.2. The van der Waals surface area contributed by atoms with Gasteiger partial charge in [-0.05, 0) is 66.1 Å². The van der Waals surface area contributed by atoms with Crippen LogP contribution in [-0.4, -0.2) is 13.2 Å². The minimum Gasteiger partial charge on any atom is -0.493 e. The van der Waals surface area contributed by atoms with Crippen molar-refractivity contribution < 1.29 is 14.2 Å². The van der Waals surface area contributed by atoms with Crippen molar-refractivity contribution in [2.75, 3.05) is 13.2 Å². The van der Waals surface area contributed by atoms with Gasteiger partial charge in [0.2, 0.25) is 0 Å². The van der Waals surface area contributed by atoms with E-state index >= 15 is 0 Å². The van der Waals surface area contributed by atoms with Crippen LogP contribution in [0.15, 0.2) is 85.1 Å². The van der Waals surface area contributed by atoms with Gasteiger partial charge in [-0.25, -0.2) is 0 Å². The molecule has 3 heterocycles. The summed E-state index contributed by atoms with van der Waals surface area (Å²) in [5, 5.41) is 0. The Hall–Kier alpha value is -3.04. The molecule has 0 atom stereocenters. The third-order valence-electron chi connectivity index (χ3n) is 5.31. The summed E-state index contributed by atoms with van der Waals surface area (Å²) in [6, 6.07) is 24.8.